The fourth-order valence-corrected chi connectivity index (χ4v) is 4.26. The number of nitrogens with one attached hydrogen (secondary N) is 1. The van der Waals surface area contributed by atoms with E-state index in [0.29, 0.717) is 13.1 Å². The third-order valence-electron chi connectivity index (χ3n) is 5.82. The van der Waals surface area contributed by atoms with Gasteiger partial charge in [0.2, 0.25) is 5.91 Å². The van der Waals surface area contributed by atoms with Crippen molar-refractivity contribution in [3.8, 4) is 5.75 Å². The summed E-state index contributed by atoms with van der Waals surface area (Å²) in [6.07, 6.45) is 4.04. The number of likely N-dealkylation sites (tertiary alicyclic amines) is 1. The van der Waals surface area contributed by atoms with Crippen LogP contribution in [0.2, 0.25) is 0 Å². The van der Waals surface area contributed by atoms with Crippen molar-refractivity contribution in [1.29, 1.82) is 0 Å². The monoisotopic (exact) mass is 376 g/mol. The minimum Gasteiger partial charge on any atom is -0.496 e. The number of benzene rings is 1. The highest BCUT2D eigenvalue weighted by Crippen LogP contribution is 2.38. The predicted molar refractivity (Wildman–Crippen MR) is 104 cm³/mol. The molecule has 1 amide bonds. The molecule has 0 aliphatic carbocycles. The van der Waals surface area contributed by atoms with Gasteiger partial charge in [0.15, 0.2) is 0 Å². The number of aliphatic hydroxyl groups is 1. The molecule has 2 N–H and O–H groups in total. The Balaban J connectivity index is 1.45. The van der Waals surface area contributed by atoms with Crippen LogP contribution in [-0.4, -0.2) is 60.5 Å². The Morgan fingerprint density at radius 2 is 2.11 bits per heavy atom. The molecule has 6 heteroatoms. The van der Waals surface area contributed by atoms with E-state index in [1.807, 2.05) is 24.3 Å². The molecule has 2 aliphatic rings. The van der Waals surface area contributed by atoms with Crippen molar-refractivity contribution >= 4 is 5.91 Å². The average molecular weight is 376 g/mol. The summed E-state index contributed by atoms with van der Waals surface area (Å²) in [5.74, 6) is 0.809. The van der Waals surface area contributed by atoms with Gasteiger partial charge in [0.1, 0.15) is 5.75 Å². The van der Waals surface area contributed by atoms with Crippen LogP contribution in [0.5, 0.6) is 5.75 Å². The van der Waals surface area contributed by atoms with E-state index in [2.05, 4.69) is 17.1 Å². The molecule has 2 fully saturated rings. The van der Waals surface area contributed by atoms with Crippen molar-refractivity contribution in [1.82, 2.24) is 10.2 Å². The smallest absolute Gasteiger partial charge is 0.234 e. The van der Waals surface area contributed by atoms with Gasteiger partial charge in [0.25, 0.3) is 0 Å². The molecule has 0 aromatic heterocycles. The Hall–Kier alpha value is -1.63. The third-order valence-corrected chi connectivity index (χ3v) is 5.82. The van der Waals surface area contributed by atoms with Crippen molar-refractivity contribution in [3.05, 3.63) is 29.8 Å². The topological polar surface area (TPSA) is 71.0 Å². The van der Waals surface area contributed by atoms with E-state index in [1.165, 1.54) is 0 Å². The lowest BCUT2D eigenvalue weighted by molar-refractivity contribution is -0.182. The highest BCUT2D eigenvalue weighted by atomic mass is 16.5. The number of aliphatic hydroxyl groups excluding tert-OH is 1. The van der Waals surface area contributed by atoms with E-state index in [0.717, 1.165) is 56.5 Å². The number of nitrogens with zero attached hydrogens (tertiary/aromatic N) is 1. The van der Waals surface area contributed by atoms with Gasteiger partial charge < -0.3 is 19.9 Å². The number of hydrogen-bond donors (Lipinski definition) is 2. The number of amides is 1. The molecular weight excluding hydrogens is 344 g/mol. The first kappa shape index (κ1) is 20.1. The number of ether oxygens (including phenoxy) is 2. The molecule has 0 saturated carbocycles. The maximum atomic E-state index is 12.3. The summed E-state index contributed by atoms with van der Waals surface area (Å²) in [7, 11) is 1.64. The second-order valence-corrected chi connectivity index (χ2v) is 7.79. The Morgan fingerprint density at radius 3 is 2.81 bits per heavy atom. The molecule has 6 nitrogen and oxygen atoms in total. The fourth-order valence-electron chi connectivity index (χ4n) is 4.26. The van der Waals surface area contributed by atoms with E-state index >= 15 is 0 Å². The number of carbonyl (C=O) groups is 1. The summed E-state index contributed by atoms with van der Waals surface area (Å²) < 4.78 is 11.6. The molecule has 2 aliphatic heterocycles. The molecule has 2 heterocycles. The van der Waals surface area contributed by atoms with Crippen LogP contribution >= 0.6 is 0 Å². The summed E-state index contributed by atoms with van der Waals surface area (Å²) in [6, 6.07) is 7.71. The van der Waals surface area contributed by atoms with Gasteiger partial charge in [-0.15, -0.1) is 0 Å². The highest BCUT2D eigenvalue weighted by molar-refractivity contribution is 5.78. The molecular formula is C21H32N2O4. The van der Waals surface area contributed by atoms with E-state index in [9.17, 15) is 9.90 Å². The molecule has 3 rings (SSSR count). The summed E-state index contributed by atoms with van der Waals surface area (Å²) in [4.78, 5) is 14.5. The summed E-state index contributed by atoms with van der Waals surface area (Å²) in [5, 5.41) is 13.2. The lowest BCUT2D eigenvalue weighted by atomic mass is 9.81. The lowest BCUT2D eigenvalue weighted by Gasteiger charge is -2.47. The van der Waals surface area contributed by atoms with Crippen LogP contribution in [0, 0.1) is 0 Å². The Bertz CT molecular complexity index is 628. The van der Waals surface area contributed by atoms with Crippen LogP contribution in [0.25, 0.3) is 0 Å². The zero-order valence-electron chi connectivity index (χ0n) is 16.4. The number of methoxy groups -OCH3 is 1. The van der Waals surface area contributed by atoms with Crippen LogP contribution in [-0.2, 0) is 16.1 Å². The third kappa shape index (κ3) is 5.21. The van der Waals surface area contributed by atoms with Crippen LogP contribution < -0.4 is 10.1 Å². The SMILES string of the molecule is CC[C@H]1C[C@@H](O)CC2(CCN(CC(=O)NCc3ccccc3OC)CC2)O1. The Kier molecular flexibility index (Phi) is 6.73. The molecule has 1 aromatic carbocycles. The predicted octanol–water partition coefficient (Wildman–Crippen LogP) is 2.10. The van der Waals surface area contributed by atoms with E-state index in [1.54, 1.807) is 7.11 Å². The minimum absolute atomic E-state index is 0.0212. The van der Waals surface area contributed by atoms with Crippen molar-refractivity contribution in [3.63, 3.8) is 0 Å². The minimum atomic E-state index is -0.264. The number of piperidine rings is 1. The lowest BCUT2D eigenvalue weighted by Crippen LogP contribution is -2.53. The quantitative estimate of drug-likeness (QED) is 0.796. The molecule has 2 atom stereocenters. The molecule has 1 spiro atoms. The maximum absolute atomic E-state index is 12.3. The number of carbonyl (C=O) groups excluding carboxylic acids is 1. The van der Waals surface area contributed by atoms with Gasteiger partial charge in [-0.1, -0.05) is 25.1 Å². The zero-order valence-corrected chi connectivity index (χ0v) is 16.4. The van der Waals surface area contributed by atoms with Gasteiger partial charge in [-0.25, -0.2) is 0 Å². The highest BCUT2D eigenvalue weighted by Gasteiger charge is 2.42. The van der Waals surface area contributed by atoms with Crippen molar-refractivity contribution in [2.45, 2.75) is 63.4 Å². The maximum Gasteiger partial charge on any atom is 0.234 e. The zero-order chi connectivity index (χ0) is 19.3. The van der Waals surface area contributed by atoms with Gasteiger partial charge >= 0.3 is 0 Å². The second-order valence-electron chi connectivity index (χ2n) is 7.79. The first-order chi connectivity index (χ1) is 13.0. The van der Waals surface area contributed by atoms with Crippen LogP contribution in [0.4, 0.5) is 0 Å². The van der Waals surface area contributed by atoms with Gasteiger partial charge in [-0.3, -0.25) is 9.69 Å². The molecule has 0 unspecified atom stereocenters. The van der Waals surface area contributed by atoms with Crippen molar-refractivity contribution in [2.24, 2.45) is 0 Å². The average Bonchev–Trinajstić information content (AvgIpc) is 2.68. The normalized spacial score (nSPS) is 25.3. The van der Waals surface area contributed by atoms with E-state index < -0.39 is 0 Å². The van der Waals surface area contributed by atoms with Crippen LogP contribution in [0.15, 0.2) is 24.3 Å². The Labute approximate surface area is 161 Å². The molecule has 150 valence electrons. The molecule has 2 saturated heterocycles. The fraction of sp³-hybridized carbons (Fsp3) is 0.667. The molecule has 0 radical (unpaired) electrons. The standard InChI is InChI=1S/C21H32N2O4/c1-3-18-12-17(24)13-21(27-18)8-10-23(11-9-21)15-20(25)22-14-16-6-4-5-7-19(16)26-2/h4-7,17-18,24H,3,8-15H2,1-2H3,(H,22,25)/t17-,18+/m1/s1. The number of rotatable bonds is 6. The summed E-state index contributed by atoms with van der Waals surface area (Å²) in [6.45, 7) is 4.62. The first-order valence-electron chi connectivity index (χ1n) is 10.0. The van der Waals surface area contributed by atoms with Gasteiger partial charge in [-0.2, -0.15) is 0 Å². The van der Waals surface area contributed by atoms with Gasteiger partial charge in [-0.05, 0) is 31.7 Å². The molecule has 27 heavy (non-hydrogen) atoms. The largest absolute Gasteiger partial charge is 0.496 e. The van der Waals surface area contributed by atoms with E-state index in [-0.39, 0.29) is 23.7 Å². The van der Waals surface area contributed by atoms with Gasteiger partial charge in [0.05, 0.1) is 31.5 Å². The van der Waals surface area contributed by atoms with Crippen molar-refractivity contribution in [2.75, 3.05) is 26.7 Å². The van der Waals surface area contributed by atoms with Crippen LogP contribution in [0.1, 0.15) is 44.6 Å². The number of para-hydroxylation sites is 1. The molecule has 1 aromatic rings. The molecule has 0 bridgehead atoms. The summed E-state index contributed by atoms with van der Waals surface area (Å²) in [5.41, 5.74) is 0.768. The Morgan fingerprint density at radius 1 is 1.37 bits per heavy atom. The van der Waals surface area contributed by atoms with Crippen LogP contribution in [0.3, 0.4) is 0 Å². The van der Waals surface area contributed by atoms with E-state index in [4.69, 9.17) is 9.47 Å². The summed E-state index contributed by atoms with van der Waals surface area (Å²) >= 11 is 0. The number of hydrogen-bond acceptors (Lipinski definition) is 5. The van der Waals surface area contributed by atoms with Gasteiger partial charge in [0, 0.05) is 31.6 Å². The second kappa shape index (κ2) is 9.04. The van der Waals surface area contributed by atoms with Crippen molar-refractivity contribution < 1.29 is 19.4 Å². The first-order valence-corrected chi connectivity index (χ1v) is 10.0.